The highest BCUT2D eigenvalue weighted by Gasteiger charge is 2.61. The number of fused-ring (bicyclic) bond motifs is 4. The largest absolute Gasteiger partial charge is 0.416 e. The predicted molar refractivity (Wildman–Crippen MR) is 108 cm³/mol. The smallest absolute Gasteiger partial charge is 0.373 e. The van der Waals surface area contributed by atoms with E-state index in [1.807, 2.05) is 0 Å². The molecule has 7 heteroatoms. The number of rotatable bonds is 2. The van der Waals surface area contributed by atoms with Crippen LogP contribution in [0.4, 0.5) is 13.2 Å². The Hall–Kier alpha value is -1.60. The minimum atomic E-state index is -4.36. The molecule has 3 fully saturated rings. The number of alkyl halides is 3. The molecule has 1 aromatic carbocycles. The van der Waals surface area contributed by atoms with Crippen molar-refractivity contribution in [2.45, 2.75) is 76.4 Å². The third-order valence-electron chi connectivity index (χ3n) is 7.78. The van der Waals surface area contributed by atoms with Crippen molar-refractivity contribution in [1.29, 1.82) is 0 Å². The van der Waals surface area contributed by atoms with Gasteiger partial charge in [0.05, 0.1) is 17.2 Å². The van der Waals surface area contributed by atoms with Crippen molar-refractivity contribution >= 4 is 5.91 Å². The summed E-state index contributed by atoms with van der Waals surface area (Å²) >= 11 is 0. The summed E-state index contributed by atoms with van der Waals surface area (Å²) in [6, 6.07) is 5.55. The van der Waals surface area contributed by atoms with Gasteiger partial charge in [-0.05, 0) is 69.6 Å². The van der Waals surface area contributed by atoms with Gasteiger partial charge in [0.1, 0.15) is 0 Å². The molecule has 4 rings (SSSR count). The highest BCUT2D eigenvalue weighted by atomic mass is 19.4. The lowest BCUT2D eigenvalue weighted by Gasteiger charge is -2.63. The number of amides is 1. The number of piperidine rings is 1. The molecule has 0 radical (unpaired) electrons. The first-order valence-corrected chi connectivity index (χ1v) is 10.8. The zero-order chi connectivity index (χ0) is 21.9. The van der Waals surface area contributed by atoms with Crippen molar-refractivity contribution in [3.05, 3.63) is 35.4 Å². The number of ether oxygens (including phenoxy) is 1. The summed E-state index contributed by atoms with van der Waals surface area (Å²) in [5.74, 6) is 0.603. The lowest BCUT2D eigenvalue weighted by Crippen LogP contribution is -2.73. The van der Waals surface area contributed by atoms with E-state index in [-0.39, 0.29) is 35.4 Å². The van der Waals surface area contributed by atoms with Crippen molar-refractivity contribution in [2.24, 2.45) is 17.8 Å². The second-order valence-corrected chi connectivity index (χ2v) is 9.92. The van der Waals surface area contributed by atoms with Crippen LogP contribution in [0, 0.1) is 17.8 Å². The van der Waals surface area contributed by atoms with Crippen LogP contribution < -0.4 is 10.6 Å². The van der Waals surface area contributed by atoms with Crippen molar-refractivity contribution in [3.63, 3.8) is 0 Å². The van der Waals surface area contributed by atoms with Crippen LogP contribution >= 0.6 is 0 Å². The molecular formula is C23H31F3N2O2. The maximum atomic E-state index is 13.0. The van der Waals surface area contributed by atoms with Gasteiger partial charge in [-0.15, -0.1) is 0 Å². The molecule has 2 unspecified atom stereocenters. The van der Waals surface area contributed by atoms with E-state index in [4.69, 9.17) is 4.74 Å². The second-order valence-electron chi connectivity index (χ2n) is 9.92. The molecule has 1 saturated carbocycles. The van der Waals surface area contributed by atoms with Gasteiger partial charge in [0, 0.05) is 31.0 Å². The minimum Gasteiger partial charge on any atom is -0.373 e. The summed E-state index contributed by atoms with van der Waals surface area (Å²) in [4.78, 5) is 12.3. The third-order valence-corrected chi connectivity index (χ3v) is 7.78. The van der Waals surface area contributed by atoms with Crippen molar-refractivity contribution in [3.8, 4) is 0 Å². The number of halogens is 3. The fourth-order valence-corrected chi connectivity index (χ4v) is 6.45. The van der Waals surface area contributed by atoms with Gasteiger partial charge in [0.25, 0.3) is 0 Å². The summed E-state index contributed by atoms with van der Waals surface area (Å²) in [5.41, 5.74) is -0.368. The number of carbonyl (C=O) groups is 1. The van der Waals surface area contributed by atoms with Gasteiger partial charge >= 0.3 is 6.18 Å². The van der Waals surface area contributed by atoms with Crippen LogP contribution in [0.3, 0.4) is 0 Å². The molecule has 1 amide bonds. The molecule has 3 aliphatic rings. The molecule has 0 spiro atoms. The van der Waals surface area contributed by atoms with Crippen LogP contribution in [0.1, 0.15) is 64.2 Å². The van der Waals surface area contributed by atoms with E-state index >= 15 is 0 Å². The Morgan fingerprint density at radius 2 is 1.80 bits per heavy atom. The van der Waals surface area contributed by atoms with Gasteiger partial charge in [-0.1, -0.05) is 12.1 Å². The summed E-state index contributed by atoms with van der Waals surface area (Å²) in [7, 11) is 0. The second kappa shape index (κ2) is 7.23. The molecule has 2 N–H and O–H groups in total. The van der Waals surface area contributed by atoms with E-state index in [2.05, 4.69) is 31.4 Å². The van der Waals surface area contributed by atoms with Crippen LogP contribution in [-0.4, -0.2) is 29.6 Å². The molecule has 2 aliphatic heterocycles. The van der Waals surface area contributed by atoms with Crippen LogP contribution in [-0.2, 0) is 15.7 Å². The molecule has 2 bridgehead atoms. The Labute approximate surface area is 175 Å². The zero-order valence-corrected chi connectivity index (χ0v) is 18.0. The van der Waals surface area contributed by atoms with Gasteiger partial charge in [0.2, 0.25) is 5.91 Å². The number of hydrogen-bond donors (Lipinski definition) is 2. The van der Waals surface area contributed by atoms with E-state index in [1.54, 1.807) is 6.92 Å². The molecule has 6 atom stereocenters. The van der Waals surface area contributed by atoms with Crippen LogP contribution in [0.15, 0.2) is 24.3 Å². The third kappa shape index (κ3) is 3.54. The molecule has 4 nitrogen and oxygen atoms in total. The first kappa shape index (κ1) is 21.6. The quantitative estimate of drug-likeness (QED) is 0.737. The molecule has 1 aliphatic carbocycles. The highest BCUT2D eigenvalue weighted by molar-refractivity contribution is 5.74. The molecule has 2 heterocycles. The lowest BCUT2D eigenvalue weighted by molar-refractivity contribution is -0.161. The summed E-state index contributed by atoms with van der Waals surface area (Å²) in [5, 5.41) is 7.06. The first-order chi connectivity index (χ1) is 13.9. The maximum absolute atomic E-state index is 13.0. The fourth-order valence-electron chi connectivity index (χ4n) is 6.45. The fraction of sp³-hybridized carbons (Fsp3) is 0.696. The minimum absolute atomic E-state index is 0.0134. The zero-order valence-electron chi connectivity index (χ0n) is 18.0. The number of benzene rings is 1. The Bertz CT molecular complexity index is 808. The van der Waals surface area contributed by atoms with Gasteiger partial charge in [-0.2, -0.15) is 13.2 Å². The van der Waals surface area contributed by atoms with Gasteiger partial charge in [-0.3, -0.25) is 4.79 Å². The molecular weight excluding hydrogens is 393 g/mol. The van der Waals surface area contributed by atoms with E-state index < -0.39 is 17.3 Å². The van der Waals surface area contributed by atoms with E-state index in [9.17, 15) is 18.0 Å². The average Bonchev–Trinajstić information content (AvgIpc) is 2.64. The van der Waals surface area contributed by atoms with Crippen LogP contribution in [0.25, 0.3) is 0 Å². The van der Waals surface area contributed by atoms with Crippen LogP contribution in [0.5, 0.6) is 0 Å². The van der Waals surface area contributed by atoms with Gasteiger partial charge in [-0.25, -0.2) is 0 Å². The van der Waals surface area contributed by atoms with Crippen LogP contribution in [0.2, 0.25) is 0 Å². The van der Waals surface area contributed by atoms with E-state index in [0.29, 0.717) is 12.5 Å². The number of nitrogens with one attached hydrogen (secondary N) is 2. The Balaban J connectivity index is 1.74. The lowest BCUT2D eigenvalue weighted by atomic mass is 9.52. The summed E-state index contributed by atoms with van der Waals surface area (Å²) < 4.78 is 45.3. The summed E-state index contributed by atoms with van der Waals surface area (Å²) in [6.45, 7) is 8.63. The highest BCUT2D eigenvalue weighted by Crippen LogP contribution is 2.57. The van der Waals surface area contributed by atoms with Gasteiger partial charge in [0.15, 0.2) is 0 Å². The SMILES string of the molecule is CC(=O)N[C@]12CCO[C@@H](c3ccc(C(F)(F)F)cc3)[C@@H]1CC1CC2[C@@H](C)NC1(C)C. The predicted octanol–water partition coefficient (Wildman–Crippen LogP) is 4.45. The van der Waals surface area contributed by atoms with Crippen molar-refractivity contribution in [1.82, 2.24) is 10.6 Å². The van der Waals surface area contributed by atoms with E-state index in [0.717, 1.165) is 37.0 Å². The van der Waals surface area contributed by atoms with Gasteiger partial charge < -0.3 is 15.4 Å². The Morgan fingerprint density at radius 1 is 1.17 bits per heavy atom. The summed E-state index contributed by atoms with van der Waals surface area (Å²) in [6.07, 6.45) is -2.09. The molecule has 166 valence electrons. The van der Waals surface area contributed by atoms with E-state index in [1.165, 1.54) is 12.1 Å². The molecule has 0 aromatic heterocycles. The number of carbonyl (C=O) groups excluding carboxylic acids is 1. The number of hydrogen-bond acceptors (Lipinski definition) is 3. The Morgan fingerprint density at radius 3 is 2.40 bits per heavy atom. The average molecular weight is 425 g/mol. The molecule has 1 aromatic rings. The topological polar surface area (TPSA) is 50.4 Å². The Kier molecular flexibility index (Phi) is 5.21. The molecule has 30 heavy (non-hydrogen) atoms. The molecule has 2 saturated heterocycles. The van der Waals surface area contributed by atoms with Crippen molar-refractivity contribution in [2.75, 3.05) is 6.61 Å². The maximum Gasteiger partial charge on any atom is 0.416 e. The standard InChI is InChI=1S/C23H31F3N2O2/c1-13-18-11-17(21(3,4)27-13)12-19-20(30-10-9-22(18,19)28-14(2)29)15-5-7-16(8-6-15)23(24,25)26/h5-8,13,17-20,27H,9-12H2,1-4H3,(H,28,29)/t13-,17?,18?,19+,20+,22+/m1/s1. The van der Waals surface area contributed by atoms with Crippen molar-refractivity contribution < 1.29 is 22.7 Å². The first-order valence-electron chi connectivity index (χ1n) is 10.8. The normalized spacial score (nSPS) is 37.9. The monoisotopic (exact) mass is 424 g/mol.